The molecule has 0 aliphatic heterocycles. The number of carbonyl (C=O) groups excluding carboxylic acids is 1. The molecule has 1 amide bonds. The highest BCUT2D eigenvalue weighted by atomic mass is 16.2. The molecule has 0 heterocycles. The van der Waals surface area contributed by atoms with Gasteiger partial charge in [0.25, 0.3) is 0 Å². The number of amides is 1. The van der Waals surface area contributed by atoms with Crippen LogP contribution < -0.4 is 0 Å². The Morgan fingerprint density at radius 3 is 2.18 bits per heavy atom. The van der Waals surface area contributed by atoms with Gasteiger partial charge in [-0.25, -0.2) is 0 Å². The first-order valence-electron chi connectivity index (χ1n) is 4.47. The Labute approximate surface area is 69.6 Å². The van der Waals surface area contributed by atoms with Crippen molar-refractivity contribution in [1.82, 2.24) is 4.90 Å². The van der Waals surface area contributed by atoms with Crippen LogP contribution in [0.3, 0.4) is 0 Å². The molecule has 0 rings (SSSR count). The van der Waals surface area contributed by atoms with E-state index in [1.165, 1.54) is 0 Å². The second-order valence-electron chi connectivity index (χ2n) is 2.86. The molecule has 0 radical (unpaired) electrons. The highest BCUT2D eigenvalue weighted by Gasteiger charge is 2.04. The molecule has 0 saturated heterocycles. The number of hydrogen-bond donors (Lipinski definition) is 0. The van der Waals surface area contributed by atoms with Crippen LogP contribution in [-0.2, 0) is 4.79 Å². The van der Waals surface area contributed by atoms with Crippen LogP contribution in [0.15, 0.2) is 0 Å². The van der Waals surface area contributed by atoms with E-state index in [-0.39, 0.29) is 5.91 Å². The lowest BCUT2D eigenvalue weighted by molar-refractivity contribution is -0.128. The fraction of sp³-hybridized carbons (Fsp3) is 0.889. The van der Waals surface area contributed by atoms with Crippen molar-refractivity contribution in [2.75, 3.05) is 13.1 Å². The predicted molar refractivity (Wildman–Crippen MR) is 47.5 cm³/mol. The Balaban J connectivity index is 3.60. The molecule has 2 nitrogen and oxygen atoms in total. The van der Waals surface area contributed by atoms with Gasteiger partial charge in [0.2, 0.25) is 5.91 Å². The van der Waals surface area contributed by atoms with Gasteiger partial charge < -0.3 is 4.90 Å². The summed E-state index contributed by atoms with van der Waals surface area (Å²) in [5.41, 5.74) is 0. The molecule has 0 aliphatic rings. The van der Waals surface area contributed by atoms with E-state index >= 15 is 0 Å². The van der Waals surface area contributed by atoms with Gasteiger partial charge in [0.15, 0.2) is 0 Å². The maximum absolute atomic E-state index is 11.0. The molecule has 66 valence electrons. The van der Waals surface area contributed by atoms with E-state index in [1.807, 2.05) is 4.90 Å². The van der Waals surface area contributed by atoms with Crippen LogP contribution in [0.4, 0.5) is 0 Å². The Hall–Kier alpha value is -0.530. The third kappa shape index (κ3) is 4.82. The van der Waals surface area contributed by atoms with Gasteiger partial charge in [-0.05, 0) is 12.8 Å². The van der Waals surface area contributed by atoms with Gasteiger partial charge in [-0.2, -0.15) is 0 Å². The molecule has 0 aromatic rings. The lowest BCUT2D eigenvalue weighted by atomic mass is 10.3. The summed E-state index contributed by atoms with van der Waals surface area (Å²) < 4.78 is 0. The van der Waals surface area contributed by atoms with Crippen LogP contribution >= 0.6 is 0 Å². The molecule has 0 aromatic carbocycles. The summed E-state index contributed by atoms with van der Waals surface area (Å²) in [6, 6.07) is 0. The van der Waals surface area contributed by atoms with E-state index in [0.717, 1.165) is 32.4 Å². The number of hydrogen-bond acceptors (Lipinski definition) is 1. The van der Waals surface area contributed by atoms with Gasteiger partial charge in [-0.15, -0.1) is 0 Å². The summed E-state index contributed by atoms with van der Waals surface area (Å²) in [6.07, 6.45) is 3.34. The molecule has 0 atom stereocenters. The second kappa shape index (κ2) is 6.20. The Morgan fingerprint density at radius 1 is 1.18 bits per heavy atom. The van der Waals surface area contributed by atoms with Gasteiger partial charge in [0.1, 0.15) is 0 Å². The largest absolute Gasteiger partial charge is 0.343 e. The number of rotatable bonds is 5. The van der Waals surface area contributed by atoms with Crippen LogP contribution in [-0.4, -0.2) is 23.9 Å². The van der Waals surface area contributed by atoms with E-state index in [9.17, 15) is 4.79 Å². The second-order valence-corrected chi connectivity index (χ2v) is 2.86. The quantitative estimate of drug-likeness (QED) is 0.598. The molecule has 0 unspecified atom stereocenters. The summed E-state index contributed by atoms with van der Waals surface area (Å²) in [5, 5.41) is 0. The fourth-order valence-electron chi connectivity index (χ4n) is 1.05. The third-order valence-corrected chi connectivity index (χ3v) is 1.72. The zero-order valence-corrected chi connectivity index (χ0v) is 7.89. The standard InChI is InChI=1S/C9H19NO/c1-4-6-8-10(7-5-2)9(3)11/h4-8H2,1-3H3. The van der Waals surface area contributed by atoms with Crippen molar-refractivity contribution in [3.63, 3.8) is 0 Å². The van der Waals surface area contributed by atoms with Gasteiger partial charge in [-0.3, -0.25) is 4.79 Å². The predicted octanol–water partition coefficient (Wildman–Crippen LogP) is 2.04. The normalized spacial score (nSPS) is 9.73. The van der Waals surface area contributed by atoms with Crippen LogP contribution in [0.5, 0.6) is 0 Å². The molecule has 0 fully saturated rings. The Bertz CT molecular complexity index is 112. The summed E-state index contributed by atoms with van der Waals surface area (Å²) in [7, 11) is 0. The van der Waals surface area contributed by atoms with Gasteiger partial charge >= 0.3 is 0 Å². The van der Waals surface area contributed by atoms with E-state index in [1.54, 1.807) is 6.92 Å². The highest BCUT2D eigenvalue weighted by Crippen LogP contribution is 1.96. The van der Waals surface area contributed by atoms with Crippen molar-refractivity contribution >= 4 is 5.91 Å². The van der Waals surface area contributed by atoms with E-state index in [0.29, 0.717) is 0 Å². The topological polar surface area (TPSA) is 20.3 Å². The first-order valence-corrected chi connectivity index (χ1v) is 4.47. The van der Waals surface area contributed by atoms with Crippen molar-refractivity contribution in [1.29, 1.82) is 0 Å². The first kappa shape index (κ1) is 10.5. The molecule has 0 N–H and O–H groups in total. The molecule has 0 bridgehead atoms. The molecule has 0 aromatic heterocycles. The van der Waals surface area contributed by atoms with Crippen LogP contribution in [0.25, 0.3) is 0 Å². The van der Waals surface area contributed by atoms with Crippen molar-refractivity contribution in [2.45, 2.75) is 40.0 Å². The van der Waals surface area contributed by atoms with Gasteiger partial charge in [-0.1, -0.05) is 20.3 Å². The molecule has 0 saturated carbocycles. The van der Waals surface area contributed by atoms with Crippen LogP contribution in [0.2, 0.25) is 0 Å². The number of nitrogens with zero attached hydrogens (tertiary/aromatic N) is 1. The average molecular weight is 157 g/mol. The summed E-state index contributed by atoms with van der Waals surface area (Å²) in [5.74, 6) is 0.209. The lowest BCUT2D eigenvalue weighted by Gasteiger charge is -2.19. The Kier molecular flexibility index (Phi) is 5.90. The monoisotopic (exact) mass is 157 g/mol. The summed E-state index contributed by atoms with van der Waals surface area (Å²) in [6.45, 7) is 7.73. The van der Waals surface area contributed by atoms with Gasteiger partial charge in [0, 0.05) is 20.0 Å². The van der Waals surface area contributed by atoms with Crippen molar-refractivity contribution in [3.8, 4) is 0 Å². The minimum atomic E-state index is 0.209. The smallest absolute Gasteiger partial charge is 0.219 e. The zero-order valence-electron chi connectivity index (χ0n) is 7.89. The number of unbranched alkanes of at least 4 members (excludes halogenated alkanes) is 1. The molecule has 0 aliphatic carbocycles. The molecule has 11 heavy (non-hydrogen) atoms. The van der Waals surface area contributed by atoms with Crippen LogP contribution in [0.1, 0.15) is 40.0 Å². The molecular weight excluding hydrogens is 138 g/mol. The maximum Gasteiger partial charge on any atom is 0.219 e. The average Bonchev–Trinajstić information content (AvgIpc) is 1.97. The lowest BCUT2D eigenvalue weighted by Crippen LogP contribution is -2.30. The van der Waals surface area contributed by atoms with E-state index < -0.39 is 0 Å². The summed E-state index contributed by atoms with van der Waals surface area (Å²) >= 11 is 0. The molecular formula is C9H19NO. The minimum absolute atomic E-state index is 0.209. The zero-order chi connectivity index (χ0) is 8.69. The SMILES string of the molecule is CCCCN(CCC)C(C)=O. The van der Waals surface area contributed by atoms with E-state index in [2.05, 4.69) is 13.8 Å². The number of carbonyl (C=O) groups is 1. The van der Waals surface area contributed by atoms with Crippen molar-refractivity contribution < 1.29 is 4.79 Å². The fourth-order valence-corrected chi connectivity index (χ4v) is 1.05. The minimum Gasteiger partial charge on any atom is -0.343 e. The molecule has 2 heteroatoms. The highest BCUT2D eigenvalue weighted by molar-refractivity contribution is 5.73. The Morgan fingerprint density at radius 2 is 1.82 bits per heavy atom. The van der Waals surface area contributed by atoms with Crippen molar-refractivity contribution in [2.24, 2.45) is 0 Å². The molecule has 0 spiro atoms. The van der Waals surface area contributed by atoms with E-state index in [4.69, 9.17) is 0 Å². The van der Waals surface area contributed by atoms with Crippen molar-refractivity contribution in [3.05, 3.63) is 0 Å². The third-order valence-electron chi connectivity index (χ3n) is 1.72. The summed E-state index contributed by atoms with van der Waals surface area (Å²) in [4.78, 5) is 12.9. The van der Waals surface area contributed by atoms with Gasteiger partial charge in [0.05, 0.1) is 0 Å². The maximum atomic E-state index is 11.0. The van der Waals surface area contributed by atoms with Crippen LogP contribution in [0, 0.1) is 0 Å². The first-order chi connectivity index (χ1) is 5.22.